The van der Waals surface area contributed by atoms with E-state index in [2.05, 4.69) is 25.1 Å². The summed E-state index contributed by atoms with van der Waals surface area (Å²) in [6.07, 6.45) is -5.69. The predicted octanol–water partition coefficient (Wildman–Crippen LogP) is 6.16. The number of rotatable bonds is 8. The van der Waals surface area contributed by atoms with Crippen LogP contribution in [0.25, 0.3) is 17.1 Å². The molecule has 0 unspecified atom stereocenters. The number of hydrogen-bond acceptors (Lipinski definition) is 6. The van der Waals surface area contributed by atoms with Crippen molar-refractivity contribution in [3.8, 4) is 22.8 Å². The van der Waals surface area contributed by atoms with Gasteiger partial charge in [-0.25, -0.2) is 23.2 Å². The summed E-state index contributed by atoms with van der Waals surface area (Å²) in [6, 6.07) is 17.3. The van der Waals surface area contributed by atoms with Gasteiger partial charge in [-0.15, -0.1) is 18.3 Å². The lowest BCUT2D eigenvalue weighted by molar-refractivity contribution is -0.274. The summed E-state index contributed by atoms with van der Waals surface area (Å²) in [7, 11) is 0. The summed E-state index contributed by atoms with van der Waals surface area (Å²) >= 11 is 0.995. The minimum Gasteiger partial charge on any atom is -0.406 e. The third-order valence-electron chi connectivity index (χ3n) is 6.10. The Bertz CT molecular complexity index is 1640. The molecule has 43 heavy (non-hydrogen) atoms. The average Bonchev–Trinajstić information content (AvgIpc) is 3.60. The number of carbonyl (C=O) groups excluding carboxylic acids is 2. The maximum absolute atomic E-state index is 13.5. The van der Waals surface area contributed by atoms with E-state index in [1.165, 1.54) is 59.5 Å². The Morgan fingerprint density at radius 1 is 1.05 bits per heavy atom. The summed E-state index contributed by atoms with van der Waals surface area (Å²) in [6.45, 7) is 0.224. The molecule has 4 aromatic rings. The van der Waals surface area contributed by atoms with Crippen molar-refractivity contribution in [2.75, 3.05) is 17.2 Å². The van der Waals surface area contributed by atoms with Crippen LogP contribution >= 0.6 is 11.8 Å². The van der Waals surface area contributed by atoms with Crippen molar-refractivity contribution in [1.29, 1.82) is 0 Å². The fourth-order valence-corrected chi connectivity index (χ4v) is 5.00. The zero-order valence-electron chi connectivity index (χ0n) is 22.0. The zero-order chi connectivity index (χ0) is 30.6. The third kappa shape index (κ3) is 7.35. The van der Waals surface area contributed by atoms with E-state index in [0.29, 0.717) is 23.5 Å². The Kier molecular flexibility index (Phi) is 8.71. The first-order chi connectivity index (χ1) is 20.6. The molecule has 2 heterocycles. The molecule has 1 N–H and O–H groups in total. The highest BCUT2D eigenvalue weighted by Crippen LogP contribution is 2.34. The quantitative estimate of drug-likeness (QED) is 0.238. The van der Waals surface area contributed by atoms with Crippen LogP contribution in [0.15, 0.2) is 84.1 Å². The standard InChI is InChI=1S/C28H21F5N6O3S/c29-24(30)21-3-1-2-4-22(21)39-23(40)15-43-27(39)36-26(41)34-14-13-17-5-7-18(8-6-17)25-35-16-38(37-25)19-9-11-20(12-10-19)42-28(31,32)33/h1-12,16,24H,13-15H2,(H,34,41)/b36-27-. The Morgan fingerprint density at radius 3 is 2.47 bits per heavy atom. The summed E-state index contributed by atoms with van der Waals surface area (Å²) in [5.41, 5.74) is 1.74. The van der Waals surface area contributed by atoms with Crippen molar-refractivity contribution in [2.24, 2.45) is 4.99 Å². The maximum Gasteiger partial charge on any atom is 0.573 e. The lowest BCUT2D eigenvalue weighted by Gasteiger charge is -2.19. The number of nitrogens with one attached hydrogen (secondary N) is 1. The van der Waals surface area contributed by atoms with Crippen molar-refractivity contribution in [1.82, 2.24) is 20.1 Å². The summed E-state index contributed by atoms with van der Waals surface area (Å²) in [4.78, 5) is 34.1. The average molecular weight is 617 g/mol. The first-order valence-corrected chi connectivity index (χ1v) is 13.6. The highest BCUT2D eigenvalue weighted by atomic mass is 32.2. The number of aromatic nitrogens is 3. The Hall–Kier alpha value is -4.79. The molecule has 3 aromatic carbocycles. The molecular weight excluding hydrogens is 595 g/mol. The second-order valence-electron chi connectivity index (χ2n) is 9.01. The van der Waals surface area contributed by atoms with Gasteiger partial charge < -0.3 is 10.1 Å². The molecule has 1 aliphatic rings. The molecule has 0 atom stereocenters. The number of amidine groups is 1. The molecule has 0 radical (unpaired) electrons. The van der Waals surface area contributed by atoms with Crippen LogP contribution in [0.3, 0.4) is 0 Å². The van der Waals surface area contributed by atoms with Gasteiger partial charge in [0.25, 0.3) is 6.43 Å². The third-order valence-corrected chi connectivity index (χ3v) is 7.03. The van der Waals surface area contributed by atoms with E-state index in [1.54, 1.807) is 12.1 Å². The van der Waals surface area contributed by atoms with Crippen molar-refractivity contribution in [3.63, 3.8) is 0 Å². The Morgan fingerprint density at radius 2 is 1.77 bits per heavy atom. The molecule has 9 nitrogen and oxygen atoms in total. The normalized spacial score (nSPS) is 14.5. The maximum atomic E-state index is 13.5. The van der Waals surface area contributed by atoms with Gasteiger partial charge >= 0.3 is 12.4 Å². The highest BCUT2D eigenvalue weighted by molar-refractivity contribution is 8.15. The monoisotopic (exact) mass is 616 g/mol. The van der Waals surface area contributed by atoms with Crippen LogP contribution in [0.1, 0.15) is 17.6 Å². The van der Waals surface area contributed by atoms with Gasteiger partial charge in [0.05, 0.1) is 17.1 Å². The second kappa shape index (κ2) is 12.6. The molecule has 0 bridgehead atoms. The van der Waals surface area contributed by atoms with Crippen molar-refractivity contribution in [3.05, 3.63) is 90.3 Å². The second-order valence-corrected chi connectivity index (χ2v) is 9.95. The van der Waals surface area contributed by atoms with Crippen LogP contribution in [0.5, 0.6) is 5.75 Å². The van der Waals surface area contributed by atoms with Crippen LogP contribution in [0.4, 0.5) is 32.4 Å². The van der Waals surface area contributed by atoms with E-state index in [9.17, 15) is 31.5 Å². The number of alkyl halides is 5. The van der Waals surface area contributed by atoms with Gasteiger partial charge in [0.2, 0.25) is 5.91 Å². The summed E-state index contributed by atoms with van der Waals surface area (Å²) in [5, 5.41) is 7.03. The number of thioether (sulfide) groups is 1. The van der Waals surface area contributed by atoms with Gasteiger partial charge in [-0.3, -0.25) is 9.69 Å². The molecule has 0 aliphatic carbocycles. The van der Waals surface area contributed by atoms with E-state index in [1.807, 2.05) is 12.1 Å². The minimum atomic E-state index is -4.78. The molecule has 1 aliphatic heterocycles. The van der Waals surface area contributed by atoms with Gasteiger partial charge in [-0.2, -0.15) is 4.99 Å². The largest absolute Gasteiger partial charge is 0.573 e. The van der Waals surface area contributed by atoms with Gasteiger partial charge in [-0.05, 0) is 42.3 Å². The number of benzene rings is 3. The molecule has 5 rings (SSSR count). The van der Waals surface area contributed by atoms with Crippen LogP contribution in [0.2, 0.25) is 0 Å². The Balaban J connectivity index is 1.16. The van der Waals surface area contributed by atoms with Gasteiger partial charge in [0, 0.05) is 17.7 Å². The first kappa shape index (κ1) is 29.7. The van der Waals surface area contributed by atoms with E-state index < -0.39 is 24.7 Å². The topological polar surface area (TPSA) is 102 Å². The number of para-hydroxylation sites is 1. The Labute approximate surface area is 245 Å². The molecule has 222 valence electrons. The van der Waals surface area contributed by atoms with Crippen LogP contribution < -0.4 is 15.0 Å². The lowest BCUT2D eigenvalue weighted by Crippen LogP contribution is -2.32. The number of urea groups is 1. The fraction of sp³-hybridized carbons (Fsp3) is 0.179. The van der Waals surface area contributed by atoms with Crippen molar-refractivity contribution in [2.45, 2.75) is 19.2 Å². The zero-order valence-corrected chi connectivity index (χ0v) is 22.8. The molecule has 0 saturated carbocycles. The minimum absolute atomic E-state index is 0.00750. The SMILES string of the molecule is O=C(/N=C1\SCC(=O)N1c1ccccc1C(F)F)NCCc1ccc(-c2ncn(-c3ccc(OC(F)(F)F)cc3)n2)cc1. The van der Waals surface area contributed by atoms with E-state index in [-0.39, 0.29) is 34.5 Å². The predicted molar refractivity (Wildman–Crippen MR) is 149 cm³/mol. The summed E-state index contributed by atoms with van der Waals surface area (Å²) in [5.74, 6) is -0.418. The molecular formula is C28H21F5N6O3S. The van der Waals surface area contributed by atoms with Gasteiger partial charge in [0.1, 0.15) is 12.1 Å². The number of amides is 3. The number of aliphatic imine (C=N–C) groups is 1. The van der Waals surface area contributed by atoms with E-state index >= 15 is 0 Å². The van der Waals surface area contributed by atoms with Crippen LogP contribution in [-0.2, 0) is 11.2 Å². The van der Waals surface area contributed by atoms with Gasteiger partial charge in [-0.1, -0.05) is 54.2 Å². The molecule has 1 saturated heterocycles. The number of anilines is 1. The van der Waals surface area contributed by atoms with Crippen LogP contribution in [-0.4, -0.2) is 50.5 Å². The summed E-state index contributed by atoms with van der Waals surface area (Å²) < 4.78 is 69.3. The number of nitrogens with zero attached hydrogens (tertiary/aromatic N) is 5. The van der Waals surface area contributed by atoms with Crippen molar-refractivity contribution < 1.29 is 36.3 Å². The molecule has 15 heteroatoms. The van der Waals surface area contributed by atoms with E-state index in [0.717, 1.165) is 22.2 Å². The molecule has 3 amide bonds. The first-order valence-electron chi connectivity index (χ1n) is 12.6. The molecule has 0 spiro atoms. The smallest absolute Gasteiger partial charge is 0.406 e. The van der Waals surface area contributed by atoms with E-state index in [4.69, 9.17) is 0 Å². The van der Waals surface area contributed by atoms with Crippen LogP contribution in [0, 0.1) is 0 Å². The highest BCUT2D eigenvalue weighted by Gasteiger charge is 2.33. The van der Waals surface area contributed by atoms with Crippen molar-refractivity contribution >= 4 is 34.6 Å². The molecule has 1 fully saturated rings. The fourth-order valence-electron chi connectivity index (χ4n) is 4.14. The van der Waals surface area contributed by atoms with Gasteiger partial charge in [0.15, 0.2) is 11.0 Å². The number of ether oxygens (including phenoxy) is 1. The number of hydrogen-bond donors (Lipinski definition) is 1. The molecule has 1 aromatic heterocycles. The number of carbonyl (C=O) groups is 2. The number of halogens is 5. The lowest BCUT2D eigenvalue weighted by atomic mass is 10.1.